The fraction of sp³-hybridized carbons (Fsp3) is 0.400. The van der Waals surface area contributed by atoms with Gasteiger partial charge in [-0.2, -0.15) is 0 Å². The second-order valence-corrected chi connectivity index (χ2v) is 2.38. The number of hydrogen-bond acceptors (Lipinski definition) is 2. The Morgan fingerprint density at radius 2 is 2.08 bits per heavy atom. The molecule has 0 saturated heterocycles. The summed E-state index contributed by atoms with van der Waals surface area (Å²) < 4.78 is 0. The van der Waals surface area contributed by atoms with Gasteiger partial charge in [-0.3, -0.25) is 4.79 Å². The fourth-order valence-electron chi connectivity index (χ4n) is 0.913. The van der Waals surface area contributed by atoms with E-state index in [0.717, 1.165) is 17.4 Å². The molecule has 72 valence electrons. The zero-order chi connectivity index (χ0) is 10.3. The predicted molar refractivity (Wildman–Crippen MR) is 52.9 cm³/mol. The average Bonchev–Trinajstić information content (AvgIpc) is 2.14. The van der Waals surface area contributed by atoms with Crippen molar-refractivity contribution in [3.63, 3.8) is 0 Å². The largest absolute Gasteiger partial charge is 0.329 e. The van der Waals surface area contributed by atoms with E-state index in [1.54, 1.807) is 6.20 Å². The lowest BCUT2D eigenvalue weighted by Crippen LogP contribution is -2.06. The quantitative estimate of drug-likeness (QED) is 0.702. The maximum absolute atomic E-state index is 10.7. The Balaban J connectivity index is 0.000000671. The van der Waals surface area contributed by atoms with Crippen molar-refractivity contribution >= 4 is 6.29 Å². The third kappa shape index (κ3) is 3.69. The number of H-pyrrole nitrogens is 1. The molecule has 0 aromatic carbocycles. The minimum Gasteiger partial charge on any atom is -0.329 e. The molecule has 0 aliphatic rings. The monoisotopic (exact) mass is 181 g/mol. The molecule has 1 aromatic heterocycles. The lowest BCUT2D eigenvalue weighted by Gasteiger charge is -1.97. The first-order valence-corrected chi connectivity index (χ1v) is 4.36. The van der Waals surface area contributed by atoms with E-state index < -0.39 is 0 Å². The second kappa shape index (κ2) is 6.17. The molecule has 0 radical (unpaired) electrons. The highest BCUT2D eigenvalue weighted by Gasteiger charge is 1.96. The van der Waals surface area contributed by atoms with Crippen LogP contribution in [-0.2, 0) is 11.2 Å². The summed E-state index contributed by atoms with van der Waals surface area (Å²) in [6.45, 7) is 5.81. The minimum atomic E-state index is -0.128. The van der Waals surface area contributed by atoms with Gasteiger partial charge >= 0.3 is 0 Å². The molecular weight excluding hydrogens is 166 g/mol. The Hall–Kier alpha value is -1.38. The number of pyridine rings is 1. The number of aldehydes is 1. The van der Waals surface area contributed by atoms with E-state index in [1.807, 2.05) is 20.8 Å². The SMILES string of the molecule is CC.Cc1cc(=O)[nH]cc1CC=O. The van der Waals surface area contributed by atoms with E-state index in [9.17, 15) is 9.59 Å². The maximum Gasteiger partial charge on any atom is 0.248 e. The minimum absolute atomic E-state index is 0.128. The Morgan fingerprint density at radius 3 is 2.54 bits per heavy atom. The second-order valence-electron chi connectivity index (χ2n) is 2.38. The Morgan fingerprint density at radius 1 is 1.46 bits per heavy atom. The molecule has 0 fully saturated rings. The molecule has 1 aromatic rings. The topological polar surface area (TPSA) is 49.9 Å². The molecule has 13 heavy (non-hydrogen) atoms. The molecule has 0 atom stereocenters. The first-order valence-electron chi connectivity index (χ1n) is 4.36. The maximum atomic E-state index is 10.7. The standard InChI is InChI=1S/C8H9NO2.C2H6/c1-6-4-8(11)9-5-7(6)2-3-10;1-2/h3-5H,2H2,1H3,(H,9,11);1-2H3. The van der Waals surface area contributed by atoms with Gasteiger partial charge < -0.3 is 9.78 Å². The predicted octanol–water partition coefficient (Wildman–Crippen LogP) is 1.45. The van der Waals surface area contributed by atoms with Gasteiger partial charge in [0, 0.05) is 18.7 Å². The number of aromatic nitrogens is 1. The lowest BCUT2D eigenvalue weighted by atomic mass is 10.1. The van der Waals surface area contributed by atoms with Gasteiger partial charge in [-0.25, -0.2) is 0 Å². The number of carbonyl (C=O) groups excluding carboxylic acids is 1. The van der Waals surface area contributed by atoms with Gasteiger partial charge in [0.25, 0.3) is 0 Å². The van der Waals surface area contributed by atoms with Crippen LogP contribution in [0.15, 0.2) is 17.1 Å². The molecular formula is C10H15NO2. The summed E-state index contributed by atoms with van der Waals surface area (Å²) in [6, 6.07) is 1.48. The molecule has 0 amide bonds. The van der Waals surface area contributed by atoms with Crippen molar-refractivity contribution in [1.82, 2.24) is 4.98 Å². The number of rotatable bonds is 2. The van der Waals surface area contributed by atoms with Crippen LogP contribution in [0, 0.1) is 6.92 Å². The first-order chi connectivity index (χ1) is 6.24. The fourth-order valence-corrected chi connectivity index (χ4v) is 0.913. The van der Waals surface area contributed by atoms with Crippen LogP contribution in [0.1, 0.15) is 25.0 Å². The van der Waals surface area contributed by atoms with Crippen LogP contribution >= 0.6 is 0 Å². The van der Waals surface area contributed by atoms with Gasteiger partial charge in [0.15, 0.2) is 0 Å². The summed E-state index contributed by atoms with van der Waals surface area (Å²) in [5.74, 6) is 0. The summed E-state index contributed by atoms with van der Waals surface area (Å²) in [4.78, 5) is 23.3. The molecule has 1 rings (SSSR count). The van der Waals surface area contributed by atoms with Crippen molar-refractivity contribution in [3.05, 3.63) is 33.7 Å². The van der Waals surface area contributed by atoms with Gasteiger partial charge in [0.1, 0.15) is 6.29 Å². The number of aryl methyl sites for hydroxylation is 1. The smallest absolute Gasteiger partial charge is 0.248 e. The van der Waals surface area contributed by atoms with Crippen molar-refractivity contribution < 1.29 is 4.79 Å². The van der Waals surface area contributed by atoms with Crippen LogP contribution < -0.4 is 5.56 Å². The van der Waals surface area contributed by atoms with Crippen molar-refractivity contribution in [1.29, 1.82) is 0 Å². The average molecular weight is 181 g/mol. The summed E-state index contributed by atoms with van der Waals surface area (Å²) >= 11 is 0. The number of hydrogen-bond donors (Lipinski definition) is 1. The lowest BCUT2D eigenvalue weighted by molar-refractivity contribution is -0.107. The summed E-state index contributed by atoms with van der Waals surface area (Å²) in [5, 5.41) is 0. The van der Waals surface area contributed by atoms with Gasteiger partial charge in [0.2, 0.25) is 5.56 Å². The molecule has 3 heteroatoms. The van der Waals surface area contributed by atoms with Gasteiger partial charge in [-0.1, -0.05) is 13.8 Å². The van der Waals surface area contributed by atoms with Crippen LogP contribution in [0.3, 0.4) is 0 Å². The van der Waals surface area contributed by atoms with Crippen molar-refractivity contribution in [3.8, 4) is 0 Å². The van der Waals surface area contributed by atoms with Crippen LogP contribution in [-0.4, -0.2) is 11.3 Å². The zero-order valence-corrected chi connectivity index (χ0v) is 8.26. The number of aromatic amines is 1. The molecule has 0 unspecified atom stereocenters. The van der Waals surface area contributed by atoms with Crippen LogP contribution in [0.25, 0.3) is 0 Å². The Bertz CT molecular complexity index is 315. The van der Waals surface area contributed by atoms with Crippen LogP contribution in [0.5, 0.6) is 0 Å². The summed E-state index contributed by atoms with van der Waals surface area (Å²) in [5.41, 5.74) is 1.61. The highest BCUT2D eigenvalue weighted by molar-refractivity contribution is 5.55. The Labute approximate surface area is 77.8 Å². The highest BCUT2D eigenvalue weighted by atomic mass is 16.1. The molecule has 0 spiro atoms. The van der Waals surface area contributed by atoms with Gasteiger partial charge in [-0.15, -0.1) is 0 Å². The molecule has 0 bridgehead atoms. The third-order valence-electron chi connectivity index (χ3n) is 1.55. The molecule has 0 aliphatic carbocycles. The van der Waals surface area contributed by atoms with E-state index in [-0.39, 0.29) is 5.56 Å². The van der Waals surface area contributed by atoms with E-state index >= 15 is 0 Å². The number of nitrogens with one attached hydrogen (secondary N) is 1. The van der Waals surface area contributed by atoms with E-state index in [2.05, 4.69) is 4.98 Å². The number of carbonyl (C=O) groups is 1. The van der Waals surface area contributed by atoms with Crippen molar-refractivity contribution in [2.45, 2.75) is 27.2 Å². The van der Waals surface area contributed by atoms with Gasteiger partial charge in [0.05, 0.1) is 0 Å². The molecule has 3 nitrogen and oxygen atoms in total. The summed E-state index contributed by atoms with van der Waals surface area (Å²) in [7, 11) is 0. The molecule has 0 saturated carbocycles. The summed E-state index contributed by atoms with van der Waals surface area (Å²) in [6.07, 6.45) is 2.76. The normalized spacial score (nSPS) is 8.54. The van der Waals surface area contributed by atoms with E-state index in [4.69, 9.17) is 0 Å². The molecule has 1 heterocycles. The van der Waals surface area contributed by atoms with Crippen LogP contribution in [0.4, 0.5) is 0 Å². The first kappa shape index (κ1) is 11.6. The molecule has 1 N–H and O–H groups in total. The molecule has 0 aliphatic heterocycles. The highest BCUT2D eigenvalue weighted by Crippen LogP contribution is 2.01. The van der Waals surface area contributed by atoms with Crippen molar-refractivity contribution in [2.75, 3.05) is 0 Å². The van der Waals surface area contributed by atoms with Crippen LogP contribution in [0.2, 0.25) is 0 Å². The Kier molecular flexibility index (Phi) is 5.52. The van der Waals surface area contributed by atoms with E-state index in [0.29, 0.717) is 6.42 Å². The van der Waals surface area contributed by atoms with E-state index in [1.165, 1.54) is 6.07 Å². The third-order valence-corrected chi connectivity index (χ3v) is 1.55. The van der Waals surface area contributed by atoms with Crippen molar-refractivity contribution in [2.24, 2.45) is 0 Å². The van der Waals surface area contributed by atoms with Gasteiger partial charge in [-0.05, 0) is 18.1 Å². The zero-order valence-electron chi connectivity index (χ0n) is 8.26.